The number of aliphatic carboxylic acids is 1. The lowest BCUT2D eigenvalue weighted by Gasteiger charge is -2.31. The van der Waals surface area contributed by atoms with Gasteiger partial charge >= 0.3 is 12.1 Å². The van der Waals surface area contributed by atoms with Gasteiger partial charge in [0, 0.05) is 18.5 Å². The van der Waals surface area contributed by atoms with Crippen molar-refractivity contribution >= 4 is 11.9 Å². The Morgan fingerprint density at radius 2 is 2.00 bits per heavy atom. The molecular formula is C21H22F3N3O5. The lowest BCUT2D eigenvalue weighted by atomic mass is 10.0. The minimum absolute atomic E-state index is 0.0326. The van der Waals surface area contributed by atoms with Crippen LogP contribution >= 0.6 is 0 Å². The molecule has 0 bridgehead atoms. The Kier molecular flexibility index (Phi) is 7.29. The number of alkyl halides is 3. The molecule has 2 aromatic rings. The van der Waals surface area contributed by atoms with E-state index in [0.29, 0.717) is 24.6 Å². The summed E-state index contributed by atoms with van der Waals surface area (Å²) in [7, 11) is 0. The summed E-state index contributed by atoms with van der Waals surface area (Å²) in [4.78, 5) is 32.2. The maximum atomic E-state index is 13.0. The zero-order valence-electron chi connectivity index (χ0n) is 17.2. The van der Waals surface area contributed by atoms with Crippen LogP contribution in [0.15, 0.2) is 42.7 Å². The van der Waals surface area contributed by atoms with Gasteiger partial charge in [0.05, 0.1) is 18.8 Å². The third kappa shape index (κ3) is 5.72. The van der Waals surface area contributed by atoms with Gasteiger partial charge < -0.3 is 19.5 Å². The molecule has 2 fully saturated rings. The highest BCUT2D eigenvalue weighted by Gasteiger charge is 2.47. The van der Waals surface area contributed by atoms with Crippen LogP contribution in [-0.2, 0) is 9.53 Å². The molecule has 0 aliphatic carbocycles. The lowest BCUT2D eigenvalue weighted by Crippen LogP contribution is -2.44. The Morgan fingerprint density at radius 1 is 1.25 bits per heavy atom. The first-order valence-electron chi connectivity index (χ1n) is 9.90. The first kappa shape index (κ1) is 23.5. The van der Waals surface area contributed by atoms with Crippen LogP contribution in [0.1, 0.15) is 29.0 Å². The fraction of sp³-hybridized carbons (Fsp3) is 0.429. The average molecular weight is 453 g/mol. The second-order valence-electron chi connectivity index (χ2n) is 7.31. The Balaban J connectivity index is 0.000000360. The summed E-state index contributed by atoms with van der Waals surface area (Å²) >= 11 is 0. The van der Waals surface area contributed by atoms with Crippen LogP contribution in [0.5, 0.6) is 5.75 Å². The van der Waals surface area contributed by atoms with Gasteiger partial charge in [-0.2, -0.15) is 13.2 Å². The van der Waals surface area contributed by atoms with Crippen molar-refractivity contribution in [2.75, 3.05) is 13.2 Å². The summed E-state index contributed by atoms with van der Waals surface area (Å²) in [6.45, 7) is 3.10. The van der Waals surface area contributed by atoms with Gasteiger partial charge in [0.25, 0.3) is 5.91 Å². The van der Waals surface area contributed by atoms with Crippen LogP contribution in [0, 0.1) is 6.92 Å². The highest BCUT2D eigenvalue weighted by Crippen LogP contribution is 2.32. The molecule has 0 unspecified atom stereocenters. The molecule has 0 radical (unpaired) electrons. The van der Waals surface area contributed by atoms with E-state index in [1.165, 1.54) is 0 Å². The maximum absolute atomic E-state index is 13.0. The molecule has 0 aromatic carbocycles. The molecule has 11 heteroatoms. The van der Waals surface area contributed by atoms with Gasteiger partial charge in [-0.3, -0.25) is 9.78 Å². The molecule has 0 saturated carbocycles. The van der Waals surface area contributed by atoms with E-state index in [4.69, 9.17) is 19.4 Å². The molecule has 4 rings (SSSR count). The number of aryl methyl sites for hydroxylation is 1. The van der Waals surface area contributed by atoms with E-state index in [1.54, 1.807) is 18.5 Å². The number of carboxylic acid groups (broad SMARTS) is 1. The minimum atomic E-state index is -5.08. The summed E-state index contributed by atoms with van der Waals surface area (Å²) in [5.74, 6) is -2.11. The number of pyridine rings is 2. The Labute approximate surface area is 182 Å². The van der Waals surface area contributed by atoms with Crippen molar-refractivity contribution in [1.82, 2.24) is 14.9 Å². The molecule has 3 atom stereocenters. The van der Waals surface area contributed by atoms with Crippen molar-refractivity contribution < 1.29 is 37.3 Å². The second-order valence-corrected chi connectivity index (χ2v) is 7.31. The van der Waals surface area contributed by atoms with E-state index in [1.807, 2.05) is 36.1 Å². The van der Waals surface area contributed by atoms with Gasteiger partial charge in [0.15, 0.2) is 0 Å². The first-order valence-corrected chi connectivity index (χ1v) is 9.90. The number of likely N-dealkylation sites (tertiary alicyclic amines) is 1. The van der Waals surface area contributed by atoms with Crippen LogP contribution in [0.3, 0.4) is 0 Å². The fourth-order valence-corrected chi connectivity index (χ4v) is 3.65. The van der Waals surface area contributed by atoms with E-state index < -0.39 is 12.1 Å². The van der Waals surface area contributed by atoms with Gasteiger partial charge in [-0.1, -0.05) is 6.07 Å². The SMILES string of the molecule is Cc1cccc(C(=O)N2C[C@H](Oc3cccnc3)[C@H]3OCCC[C@H]32)n1.O=C(O)C(F)(F)F. The van der Waals surface area contributed by atoms with E-state index in [2.05, 4.69) is 9.97 Å². The molecule has 1 amide bonds. The molecule has 2 aliphatic heterocycles. The number of nitrogens with zero attached hydrogens (tertiary/aromatic N) is 3. The van der Waals surface area contributed by atoms with E-state index in [0.717, 1.165) is 18.5 Å². The predicted molar refractivity (Wildman–Crippen MR) is 105 cm³/mol. The molecule has 2 saturated heterocycles. The highest BCUT2D eigenvalue weighted by atomic mass is 19.4. The van der Waals surface area contributed by atoms with E-state index >= 15 is 0 Å². The summed E-state index contributed by atoms with van der Waals surface area (Å²) in [6.07, 6.45) is -0.114. The van der Waals surface area contributed by atoms with Crippen LogP contribution in [0.25, 0.3) is 0 Å². The third-order valence-corrected chi connectivity index (χ3v) is 5.01. The molecule has 1 N–H and O–H groups in total. The molecule has 2 aliphatic rings. The van der Waals surface area contributed by atoms with Crippen molar-refractivity contribution in [1.29, 1.82) is 0 Å². The summed E-state index contributed by atoms with van der Waals surface area (Å²) in [6, 6.07) is 9.26. The molecule has 32 heavy (non-hydrogen) atoms. The molecule has 8 nitrogen and oxygen atoms in total. The van der Waals surface area contributed by atoms with Gasteiger partial charge in [0.2, 0.25) is 0 Å². The number of hydrogen-bond donors (Lipinski definition) is 1. The van der Waals surface area contributed by atoms with Crippen LogP contribution in [0.4, 0.5) is 13.2 Å². The van der Waals surface area contributed by atoms with Crippen LogP contribution < -0.4 is 4.74 Å². The topological polar surface area (TPSA) is 102 Å². The summed E-state index contributed by atoms with van der Waals surface area (Å²) in [5.41, 5.74) is 1.32. The van der Waals surface area contributed by atoms with Crippen LogP contribution in [-0.4, -0.2) is 69.4 Å². The van der Waals surface area contributed by atoms with E-state index in [-0.39, 0.29) is 24.2 Å². The third-order valence-electron chi connectivity index (χ3n) is 5.01. The van der Waals surface area contributed by atoms with Gasteiger partial charge in [-0.15, -0.1) is 0 Å². The second kappa shape index (κ2) is 9.94. The largest absolute Gasteiger partial charge is 0.490 e. The van der Waals surface area contributed by atoms with Gasteiger partial charge in [-0.25, -0.2) is 9.78 Å². The van der Waals surface area contributed by atoms with Crippen molar-refractivity contribution in [2.24, 2.45) is 0 Å². The monoisotopic (exact) mass is 453 g/mol. The lowest BCUT2D eigenvalue weighted by molar-refractivity contribution is -0.192. The number of carbonyl (C=O) groups excluding carboxylic acids is 1. The van der Waals surface area contributed by atoms with Crippen molar-refractivity contribution in [3.63, 3.8) is 0 Å². The van der Waals surface area contributed by atoms with Gasteiger partial charge in [0.1, 0.15) is 23.7 Å². The smallest absolute Gasteiger partial charge is 0.484 e. The molecule has 0 spiro atoms. The molecule has 4 heterocycles. The molecule has 172 valence electrons. The fourth-order valence-electron chi connectivity index (χ4n) is 3.65. The van der Waals surface area contributed by atoms with E-state index in [9.17, 15) is 18.0 Å². The molecular weight excluding hydrogens is 431 g/mol. The number of carboxylic acids is 1. The van der Waals surface area contributed by atoms with Crippen molar-refractivity contribution in [3.05, 3.63) is 54.1 Å². The number of fused-ring (bicyclic) bond motifs is 1. The number of rotatable bonds is 3. The normalized spacial score (nSPS) is 22.4. The van der Waals surface area contributed by atoms with Gasteiger partial charge in [-0.05, 0) is 44.0 Å². The Morgan fingerprint density at radius 3 is 2.62 bits per heavy atom. The number of carbonyl (C=O) groups is 2. The van der Waals surface area contributed by atoms with Crippen molar-refractivity contribution in [2.45, 2.75) is 44.2 Å². The zero-order chi connectivity index (χ0) is 23.3. The highest BCUT2D eigenvalue weighted by molar-refractivity contribution is 5.93. The zero-order valence-corrected chi connectivity index (χ0v) is 17.2. The number of aromatic nitrogens is 2. The number of ether oxygens (including phenoxy) is 2. The Hall–Kier alpha value is -3.21. The quantitative estimate of drug-likeness (QED) is 0.763. The summed E-state index contributed by atoms with van der Waals surface area (Å²) < 4.78 is 43.8. The van der Waals surface area contributed by atoms with Crippen molar-refractivity contribution in [3.8, 4) is 5.75 Å². The number of hydrogen-bond acceptors (Lipinski definition) is 6. The maximum Gasteiger partial charge on any atom is 0.490 e. The van der Waals surface area contributed by atoms with Crippen LogP contribution in [0.2, 0.25) is 0 Å². The predicted octanol–water partition coefficient (Wildman–Crippen LogP) is 2.87. The standard InChI is InChI=1S/C19H21N3O3.C2HF3O2/c1-13-5-2-7-15(21-13)19(23)22-12-17(18-16(22)8-4-10-24-18)25-14-6-3-9-20-11-14;3-2(4,5)1(6)7/h2-3,5-7,9,11,16-18H,4,8,10,12H2,1H3;(H,6,7)/t16-,17+,18+;/m1./s1. The molecule has 2 aromatic heterocycles. The first-order chi connectivity index (χ1) is 15.2. The average Bonchev–Trinajstić information content (AvgIpc) is 3.12. The minimum Gasteiger partial charge on any atom is -0.484 e. The summed E-state index contributed by atoms with van der Waals surface area (Å²) in [5, 5.41) is 7.12. The number of halogens is 3. The Bertz CT molecular complexity index is 942. The number of amides is 1.